The standard InChI is InChI=1S/C18H15N3O4.C17H15N3O5.C17H13N3O4.C17H17N3O3.C9H7NO5.C8H12N2/c1-9-6-13-14(8-15(9)24-2)21-16(19-13)11-5-4-10(17(22)25-3)7-12(11)20-18(21)23;1-9-6-12-13(8-15(9)24-2)19-16(18-12)11-5-4-10(17(21)25-3)7-14(11)20(22)23;1-8-5-12-13(7-14(8)24-2)20-15(18-12)10-4-3-9(16(21)22)6-11(10)19-17(20)23;1-9-6-13-14(8-15(9)22-2)20-16(19-13)11-5-4-10(7-12(11)18)17(21)23-3;1-15-9(12)6-2-3-7(5-11)8(4-6)10(13)14;1-5-3-7(9)8(10)4-6(5)2/h4-8H,1-3H3,(H,20,23);4-8H,1-3H3,(H,18,19);3-7H,1-2H3,(H,19,23)(H,21,22);4-8H,18H2,1-3H3,(H,19,20);2-5H,1H3;3-4H,9-10H2,1-2H3. The van der Waals surface area contributed by atoms with Gasteiger partial charge >= 0.3 is 41.2 Å². The van der Waals surface area contributed by atoms with Crippen molar-refractivity contribution >= 4 is 142 Å². The summed E-state index contributed by atoms with van der Waals surface area (Å²) >= 11 is 0. The molecule has 0 spiro atoms. The number of methoxy groups -OCH3 is 8. The number of H-pyrrole nitrogens is 4. The van der Waals surface area contributed by atoms with Crippen LogP contribution in [0.5, 0.6) is 23.0 Å². The maximum absolute atomic E-state index is 12.6. The van der Waals surface area contributed by atoms with Crippen LogP contribution in [0.1, 0.15) is 95.5 Å². The molecular weight excluding hydrogens is 1580 g/mol. The highest BCUT2D eigenvalue weighted by Gasteiger charge is 2.25. The maximum atomic E-state index is 12.6. The average Bonchev–Trinajstić information content (AvgIpc) is 1.59. The first-order chi connectivity index (χ1) is 58.2. The molecule has 0 amide bonds. The third-order valence-electron chi connectivity index (χ3n) is 19.5. The molecule has 0 fully saturated rings. The minimum Gasteiger partial charge on any atom is -0.496 e. The van der Waals surface area contributed by atoms with Gasteiger partial charge in [0.2, 0.25) is 0 Å². The summed E-state index contributed by atoms with van der Waals surface area (Å²) in [4.78, 5) is 143. The molecular formula is C86H79N15O21. The second kappa shape index (κ2) is 36.3. The van der Waals surface area contributed by atoms with E-state index >= 15 is 0 Å². The van der Waals surface area contributed by atoms with E-state index in [0.717, 1.165) is 61.6 Å². The molecule has 122 heavy (non-hydrogen) atoms. The van der Waals surface area contributed by atoms with Crippen molar-refractivity contribution in [1.82, 2.24) is 48.7 Å². The molecule has 6 heterocycles. The number of aromatic amines is 4. The van der Waals surface area contributed by atoms with Gasteiger partial charge in [-0.25, -0.2) is 62.3 Å². The number of aldehydes is 1. The molecule has 624 valence electrons. The first kappa shape index (κ1) is 86.3. The number of nitro groups is 2. The quantitative estimate of drug-likeness (QED) is 0.0125. The molecule has 0 aliphatic rings. The van der Waals surface area contributed by atoms with E-state index in [1.807, 2.05) is 84.0 Å². The summed E-state index contributed by atoms with van der Waals surface area (Å²) in [5.41, 5.74) is 33.4. The van der Waals surface area contributed by atoms with Gasteiger partial charge in [-0.1, -0.05) is 0 Å². The number of carbonyl (C=O) groups is 6. The Morgan fingerprint density at radius 3 is 1.16 bits per heavy atom. The van der Waals surface area contributed by atoms with Crippen LogP contribution in [-0.4, -0.2) is 157 Å². The van der Waals surface area contributed by atoms with E-state index < -0.39 is 45.4 Å². The highest BCUT2D eigenvalue weighted by Crippen LogP contribution is 2.36. The molecule has 16 aromatic rings. The number of nitro benzene ring substituents is 2. The summed E-state index contributed by atoms with van der Waals surface area (Å²) in [6.45, 7) is 11.7. The fourth-order valence-corrected chi connectivity index (χ4v) is 13.1. The number of benzene rings is 10. The van der Waals surface area contributed by atoms with Gasteiger partial charge in [0, 0.05) is 58.4 Å². The zero-order valence-electron chi connectivity index (χ0n) is 67.9. The van der Waals surface area contributed by atoms with E-state index in [0.29, 0.717) is 119 Å². The molecule has 36 heteroatoms. The van der Waals surface area contributed by atoms with Gasteiger partial charge in [-0.15, -0.1) is 0 Å². The average molecular weight is 1660 g/mol. The monoisotopic (exact) mass is 1660 g/mol. The van der Waals surface area contributed by atoms with E-state index in [-0.39, 0.29) is 44.9 Å². The number of carbonyl (C=O) groups excluding carboxylic acids is 5. The van der Waals surface area contributed by atoms with Crippen LogP contribution in [0.25, 0.3) is 100 Å². The van der Waals surface area contributed by atoms with E-state index in [4.69, 9.17) is 50.7 Å². The number of aromatic carboxylic acids is 1. The SMILES string of the molecule is COC(=O)c1ccc(-c2nc3cc(OC)c(C)cc3[nH]2)c(N)c1.COC(=O)c1ccc(-c2nc3cc(OC)c(C)cc3[nH]2)c([N+](=O)[O-])c1.COC(=O)c1ccc(C=O)c([N+](=O)[O-])c1.COC(=O)c1ccc2c(c1)[nH]c(=O)n1c3cc(OC)c(C)cc3nc21.COc1cc2c(cc1C)nc1c3ccc(C(=O)O)cc3[nH]c(=O)n21.Cc1cc(N)c(N)cc1C. The highest BCUT2D eigenvalue weighted by molar-refractivity contribution is 6.03. The number of imidazole rings is 4. The van der Waals surface area contributed by atoms with Crippen molar-refractivity contribution in [3.63, 3.8) is 0 Å². The van der Waals surface area contributed by atoms with Crippen LogP contribution < -0.4 is 47.5 Å². The van der Waals surface area contributed by atoms with Crippen molar-refractivity contribution in [2.75, 3.05) is 74.1 Å². The number of aryl methyl sites for hydroxylation is 6. The second-order valence-electron chi connectivity index (χ2n) is 27.2. The number of fused-ring (bicyclic) bond motifs is 12. The Morgan fingerprint density at radius 1 is 0.393 bits per heavy atom. The minimum absolute atomic E-state index is 0.0369. The molecule has 6 aromatic heterocycles. The van der Waals surface area contributed by atoms with Crippen molar-refractivity contribution in [1.29, 1.82) is 0 Å². The predicted molar refractivity (Wildman–Crippen MR) is 456 cm³/mol. The molecule has 11 N–H and O–H groups in total. The summed E-state index contributed by atoms with van der Waals surface area (Å²) in [5.74, 6) is 0.546. The van der Waals surface area contributed by atoms with Gasteiger partial charge in [-0.2, -0.15) is 0 Å². The Morgan fingerprint density at radius 2 is 0.754 bits per heavy atom. The van der Waals surface area contributed by atoms with Crippen LogP contribution in [0.4, 0.5) is 28.4 Å². The maximum Gasteiger partial charge on any atom is 0.338 e. The Labute approximate surface area is 690 Å². The van der Waals surface area contributed by atoms with Gasteiger partial charge in [-0.3, -0.25) is 25.0 Å². The number of ether oxygens (including phenoxy) is 8. The van der Waals surface area contributed by atoms with E-state index in [1.165, 1.54) is 90.8 Å². The normalized spacial score (nSPS) is 10.7. The summed E-state index contributed by atoms with van der Waals surface area (Å²) in [7, 11) is 11.4. The van der Waals surface area contributed by atoms with E-state index in [2.05, 4.69) is 49.3 Å². The zero-order valence-corrected chi connectivity index (χ0v) is 67.9. The van der Waals surface area contributed by atoms with Crippen LogP contribution in [0.15, 0.2) is 161 Å². The number of anilines is 3. The number of nitrogens with two attached hydrogens (primary N) is 3. The Balaban J connectivity index is 0.000000146. The fourth-order valence-electron chi connectivity index (χ4n) is 13.1. The lowest BCUT2D eigenvalue weighted by atomic mass is 10.1. The molecule has 0 saturated carbocycles. The van der Waals surface area contributed by atoms with Gasteiger partial charge < -0.3 is 80.1 Å². The number of esters is 4. The molecule has 0 saturated heterocycles. The van der Waals surface area contributed by atoms with Crippen molar-refractivity contribution in [3.8, 4) is 45.8 Å². The van der Waals surface area contributed by atoms with Crippen LogP contribution in [0, 0.1) is 61.8 Å². The van der Waals surface area contributed by atoms with E-state index in [1.54, 1.807) is 89.1 Å². The summed E-state index contributed by atoms with van der Waals surface area (Å²) in [6, 6.07) is 40.8. The number of carboxylic acids is 1. The molecule has 0 atom stereocenters. The lowest BCUT2D eigenvalue weighted by Gasteiger charge is -2.05. The molecule has 36 nitrogen and oxygen atoms in total. The third-order valence-corrected chi connectivity index (χ3v) is 19.5. The largest absolute Gasteiger partial charge is 0.496 e. The highest BCUT2D eigenvalue weighted by atomic mass is 16.6. The molecule has 0 radical (unpaired) electrons. The number of nitrogen functional groups attached to an aromatic ring is 3. The zero-order chi connectivity index (χ0) is 88.6. The number of hydrogen-bond acceptors (Lipinski definition) is 27. The van der Waals surface area contributed by atoms with Crippen LogP contribution in [0.3, 0.4) is 0 Å². The third kappa shape index (κ3) is 17.9. The number of rotatable bonds is 14. The van der Waals surface area contributed by atoms with Crippen molar-refractivity contribution in [2.45, 2.75) is 41.5 Å². The summed E-state index contributed by atoms with van der Waals surface area (Å²) in [6.07, 6.45) is 0.360. The summed E-state index contributed by atoms with van der Waals surface area (Å²) < 4.78 is 42.7. The fraction of sp³-hybridized carbons (Fsp3) is 0.163. The van der Waals surface area contributed by atoms with Crippen LogP contribution in [0.2, 0.25) is 0 Å². The van der Waals surface area contributed by atoms with E-state index in [9.17, 15) is 58.6 Å². The van der Waals surface area contributed by atoms with Gasteiger partial charge in [0.05, 0.1) is 172 Å². The molecule has 0 unspecified atom stereocenters. The smallest absolute Gasteiger partial charge is 0.338 e. The Bertz CT molecular complexity index is 7010. The van der Waals surface area contributed by atoms with Gasteiger partial charge in [-0.05, 0) is 190 Å². The van der Waals surface area contributed by atoms with Crippen molar-refractivity contribution < 1.29 is 81.6 Å². The lowest BCUT2D eigenvalue weighted by molar-refractivity contribution is -0.385. The van der Waals surface area contributed by atoms with Gasteiger partial charge in [0.25, 0.3) is 11.4 Å². The molecule has 0 aliphatic heterocycles. The first-order valence-corrected chi connectivity index (χ1v) is 36.5. The number of carboxylic acid groups (broad SMARTS) is 1. The van der Waals surface area contributed by atoms with Crippen LogP contribution in [-0.2, 0) is 18.9 Å². The molecule has 16 rings (SSSR count). The second-order valence-corrected chi connectivity index (χ2v) is 27.2. The summed E-state index contributed by atoms with van der Waals surface area (Å²) in [5, 5.41) is 32.5. The molecule has 0 bridgehead atoms. The van der Waals surface area contributed by atoms with Gasteiger partial charge in [0.15, 0.2) is 17.6 Å². The predicted octanol–water partition coefficient (Wildman–Crippen LogP) is 13.6. The molecule has 10 aromatic carbocycles. The number of hydrogen-bond donors (Lipinski definition) is 8. The first-order valence-electron chi connectivity index (χ1n) is 36.5. The van der Waals surface area contributed by atoms with Gasteiger partial charge in [0.1, 0.15) is 34.6 Å². The van der Waals surface area contributed by atoms with Crippen LogP contribution >= 0.6 is 0 Å². The Kier molecular flexibility index (Phi) is 25.7. The number of nitrogens with zero attached hydrogens (tertiary/aromatic N) is 8. The van der Waals surface area contributed by atoms with Crippen molar-refractivity contribution in [2.24, 2.45) is 0 Å². The van der Waals surface area contributed by atoms with Crippen molar-refractivity contribution in [3.05, 3.63) is 260 Å². The number of nitrogens with one attached hydrogen (secondary N) is 4. The minimum atomic E-state index is -1.05. The topological polar surface area (TPSA) is 519 Å². The number of aromatic nitrogens is 10. The Hall–Kier alpha value is -16.6. The lowest BCUT2D eigenvalue weighted by Crippen LogP contribution is -2.16. The molecule has 0 aliphatic carbocycles.